The number of anilines is 2. The van der Waals surface area contributed by atoms with Crippen LogP contribution in [0.25, 0.3) is 0 Å². The van der Waals surface area contributed by atoms with Gasteiger partial charge in [0.15, 0.2) is 5.82 Å². The van der Waals surface area contributed by atoms with Crippen LogP contribution in [0, 0.1) is 24.4 Å². The Kier molecular flexibility index (Phi) is 3.65. The van der Waals surface area contributed by atoms with E-state index < -0.39 is 34.6 Å². The van der Waals surface area contributed by atoms with E-state index in [-0.39, 0.29) is 5.69 Å². The second-order valence-electron chi connectivity index (χ2n) is 4.27. The van der Waals surface area contributed by atoms with Crippen molar-refractivity contribution in [3.8, 4) is 0 Å². The quantitative estimate of drug-likeness (QED) is 0.830. The number of carbonyl (C=O) groups excluding carboxylic acids is 1. The molecule has 3 N–H and O–H groups in total. The van der Waals surface area contributed by atoms with Gasteiger partial charge in [-0.1, -0.05) is 6.07 Å². The van der Waals surface area contributed by atoms with Gasteiger partial charge in [-0.2, -0.15) is 0 Å². The van der Waals surface area contributed by atoms with Crippen LogP contribution in [0.2, 0.25) is 0 Å². The van der Waals surface area contributed by atoms with E-state index in [1.165, 1.54) is 12.1 Å². The monoisotopic (exact) mass is 280 g/mol. The smallest absolute Gasteiger partial charge is 0.258 e. The lowest BCUT2D eigenvalue weighted by Gasteiger charge is -2.10. The van der Waals surface area contributed by atoms with E-state index in [0.29, 0.717) is 5.56 Å². The fourth-order valence-electron chi connectivity index (χ4n) is 1.69. The fraction of sp³-hybridized carbons (Fsp3) is 0.0714. The van der Waals surface area contributed by atoms with Crippen molar-refractivity contribution in [1.29, 1.82) is 0 Å². The summed E-state index contributed by atoms with van der Waals surface area (Å²) in [5.41, 5.74) is 5.01. The summed E-state index contributed by atoms with van der Waals surface area (Å²) in [6.45, 7) is 1.64. The number of nitrogens with two attached hydrogens (primary N) is 1. The molecule has 1 amide bonds. The minimum Gasteiger partial charge on any atom is -0.396 e. The second-order valence-corrected chi connectivity index (χ2v) is 4.27. The zero-order chi connectivity index (χ0) is 14.9. The van der Waals surface area contributed by atoms with Gasteiger partial charge in [-0.05, 0) is 36.8 Å². The Bertz CT molecular complexity index is 686. The molecule has 0 bridgehead atoms. The minimum atomic E-state index is -1.02. The number of nitrogens with one attached hydrogen (secondary N) is 1. The Balaban J connectivity index is 2.35. The first-order chi connectivity index (χ1) is 9.38. The molecule has 3 nitrogen and oxygen atoms in total. The third-order valence-electron chi connectivity index (χ3n) is 2.76. The molecule has 0 aromatic heterocycles. The molecule has 0 aliphatic carbocycles. The molecule has 0 aliphatic rings. The summed E-state index contributed by atoms with van der Waals surface area (Å²) in [5, 5.41) is 2.32. The number of amides is 1. The molecule has 0 heterocycles. The first-order valence-corrected chi connectivity index (χ1v) is 5.70. The van der Waals surface area contributed by atoms with E-state index in [1.54, 1.807) is 6.92 Å². The maximum atomic E-state index is 13.7. The van der Waals surface area contributed by atoms with Crippen LogP contribution in [-0.2, 0) is 0 Å². The molecule has 2 aromatic rings. The second kappa shape index (κ2) is 5.24. The molecule has 20 heavy (non-hydrogen) atoms. The number of aryl methyl sites for hydroxylation is 1. The van der Waals surface area contributed by atoms with Crippen molar-refractivity contribution in [2.75, 3.05) is 11.1 Å². The summed E-state index contributed by atoms with van der Waals surface area (Å²) in [7, 11) is 0. The van der Waals surface area contributed by atoms with Crippen LogP contribution in [0.15, 0.2) is 30.3 Å². The number of hydrogen-bond acceptors (Lipinski definition) is 2. The van der Waals surface area contributed by atoms with Gasteiger partial charge >= 0.3 is 0 Å². The van der Waals surface area contributed by atoms with Crippen molar-refractivity contribution in [2.24, 2.45) is 0 Å². The Morgan fingerprint density at radius 3 is 2.50 bits per heavy atom. The lowest BCUT2D eigenvalue weighted by atomic mass is 10.1. The van der Waals surface area contributed by atoms with Crippen molar-refractivity contribution >= 4 is 17.3 Å². The van der Waals surface area contributed by atoms with E-state index in [0.717, 1.165) is 18.2 Å². The van der Waals surface area contributed by atoms with Crippen molar-refractivity contribution in [3.05, 3.63) is 58.9 Å². The molecule has 0 saturated heterocycles. The Morgan fingerprint density at radius 2 is 1.80 bits per heavy atom. The van der Waals surface area contributed by atoms with Gasteiger partial charge < -0.3 is 11.1 Å². The number of carbonyl (C=O) groups is 1. The molecule has 0 aliphatic heterocycles. The summed E-state index contributed by atoms with van der Waals surface area (Å²) in [6, 6.07) is 5.29. The average Bonchev–Trinajstić information content (AvgIpc) is 2.38. The molecule has 0 radical (unpaired) electrons. The van der Waals surface area contributed by atoms with Crippen LogP contribution in [0.5, 0.6) is 0 Å². The third kappa shape index (κ3) is 2.74. The molecule has 104 valence electrons. The third-order valence-corrected chi connectivity index (χ3v) is 2.76. The average molecular weight is 280 g/mol. The van der Waals surface area contributed by atoms with E-state index in [2.05, 4.69) is 5.32 Å². The van der Waals surface area contributed by atoms with Gasteiger partial charge in [0.2, 0.25) is 0 Å². The Hall–Kier alpha value is -2.50. The van der Waals surface area contributed by atoms with Crippen LogP contribution in [0.4, 0.5) is 24.5 Å². The highest BCUT2D eigenvalue weighted by Gasteiger charge is 2.17. The molecular weight excluding hydrogens is 269 g/mol. The molecule has 2 aromatic carbocycles. The molecule has 0 fully saturated rings. The van der Waals surface area contributed by atoms with Crippen LogP contribution in [-0.4, -0.2) is 5.91 Å². The first kappa shape index (κ1) is 13.9. The summed E-state index contributed by atoms with van der Waals surface area (Å²) in [5.74, 6) is -3.30. The first-order valence-electron chi connectivity index (χ1n) is 5.70. The van der Waals surface area contributed by atoms with Crippen LogP contribution in [0.3, 0.4) is 0 Å². The van der Waals surface area contributed by atoms with Gasteiger partial charge in [0, 0.05) is 5.69 Å². The summed E-state index contributed by atoms with van der Waals surface area (Å²) < 4.78 is 40.0. The van der Waals surface area contributed by atoms with Crippen LogP contribution < -0.4 is 11.1 Å². The van der Waals surface area contributed by atoms with E-state index in [9.17, 15) is 18.0 Å². The largest absolute Gasteiger partial charge is 0.396 e. The number of benzene rings is 2. The van der Waals surface area contributed by atoms with Gasteiger partial charge in [-0.3, -0.25) is 4.79 Å². The Morgan fingerprint density at radius 1 is 1.10 bits per heavy atom. The molecule has 0 spiro atoms. The van der Waals surface area contributed by atoms with Crippen molar-refractivity contribution < 1.29 is 18.0 Å². The summed E-state index contributed by atoms with van der Waals surface area (Å²) in [6.07, 6.45) is 0. The van der Waals surface area contributed by atoms with Gasteiger partial charge in [0.1, 0.15) is 11.6 Å². The summed E-state index contributed by atoms with van der Waals surface area (Å²) in [4.78, 5) is 11.9. The number of hydrogen-bond donors (Lipinski definition) is 2. The summed E-state index contributed by atoms with van der Waals surface area (Å²) >= 11 is 0. The highest BCUT2D eigenvalue weighted by atomic mass is 19.1. The maximum Gasteiger partial charge on any atom is 0.258 e. The lowest BCUT2D eigenvalue weighted by Crippen LogP contribution is -2.16. The maximum absolute atomic E-state index is 13.7. The van der Waals surface area contributed by atoms with Crippen molar-refractivity contribution in [3.63, 3.8) is 0 Å². The van der Waals surface area contributed by atoms with Gasteiger partial charge in [-0.25, -0.2) is 13.2 Å². The zero-order valence-electron chi connectivity index (χ0n) is 10.5. The number of rotatable bonds is 2. The number of nitrogen functional groups attached to an aromatic ring is 1. The van der Waals surface area contributed by atoms with Crippen molar-refractivity contribution in [2.45, 2.75) is 6.92 Å². The van der Waals surface area contributed by atoms with Gasteiger partial charge in [0.05, 0.1) is 11.3 Å². The SMILES string of the molecule is Cc1ccc(F)cc1NC(=O)c1cc(F)cc(N)c1F. The van der Waals surface area contributed by atoms with Crippen molar-refractivity contribution in [1.82, 2.24) is 0 Å². The minimum absolute atomic E-state index is 0.178. The van der Waals surface area contributed by atoms with E-state index in [4.69, 9.17) is 5.73 Å². The molecule has 2 rings (SSSR count). The van der Waals surface area contributed by atoms with Gasteiger partial charge in [-0.15, -0.1) is 0 Å². The molecular formula is C14H11F3N2O. The number of halogens is 3. The van der Waals surface area contributed by atoms with Gasteiger partial charge in [0.25, 0.3) is 5.91 Å². The van der Waals surface area contributed by atoms with Crippen LogP contribution in [0.1, 0.15) is 15.9 Å². The predicted molar refractivity (Wildman–Crippen MR) is 69.9 cm³/mol. The highest BCUT2D eigenvalue weighted by molar-refractivity contribution is 6.05. The fourth-order valence-corrected chi connectivity index (χ4v) is 1.69. The van der Waals surface area contributed by atoms with E-state index in [1.807, 2.05) is 0 Å². The van der Waals surface area contributed by atoms with Crippen LogP contribution >= 0.6 is 0 Å². The normalized spacial score (nSPS) is 10.4. The zero-order valence-corrected chi connectivity index (χ0v) is 10.5. The molecule has 0 saturated carbocycles. The highest BCUT2D eigenvalue weighted by Crippen LogP contribution is 2.21. The molecule has 6 heteroatoms. The van der Waals surface area contributed by atoms with E-state index >= 15 is 0 Å². The standard InChI is InChI=1S/C14H11F3N2O/c1-7-2-3-8(15)6-12(7)19-14(20)10-4-9(16)5-11(18)13(10)17/h2-6H,18H2,1H3,(H,19,20). The topological polar surface area (TPSA) is 55.1 Å². The Labute approximate surface area is 113 Å². The lowest BCUT2D eigenvalue weighted by molar-refractivity contribution is 0.102. The molecule has 0 unspecified atom stereocenters. The predicted octanol–water partition coefficient (Wildman–Crippen LogP) is 3.25. The molecule has 0 atom stereocenters.